The van der Waals surface area contributed by atoms with Crippen LogP contribution in [0.15, 0.2) is 62.6 Å². The van der Waals surface area contributed by atoms with Gasteiger partial charge in [0, 0.05) is 16.9 Å². The van der Waals surface area contributed by atoms with Gasteiger partial charge in [-0.3, -0.25) is 9.59 Å². The molecule has 0 unspecified atom stereocenters. The highest BCUT2D eigenvalue weighted by molar-refractivity contribution is 6.21. The third-order valence-corrected chi connectivity index (χ3v) is 4.27. The van der Waals surface area contributed by atoms with E-state index in [1.54, 1.807) is 0 Å². The zero-order valence-corrected chi connectivity index (χ0v) is 15.5. The van der Waals surface area contributed by atoms with Crippen LogP contribution in [0.25, 0.3) is 11.4 Å². The lowest BCUT2D eigenvalue weighted by molar-refractivity contribution is 0.0551. The van der Waals surface area contributed by atoms with Gasteiger partial charge in [0.15, 0.2) is 0 Å². The Balaban J connectivity index is 1.52. The number of hydrogen-bond donors (Lipinski definition) is 2. The molecule has 0 saturated heterocycles. The molecule has 1 heterocycles. The number of nitrogens with zero attached hydrogens (tertiary/aromatic N) is 2. The van der Waals surface area contributed by atoms with E-state index in [0.717, 1.165) is 0 Å². The third kappa shape index (κ3) is 3.77. The summed E-state index contributed by atoms with van der Waals surface area (Å²) in [6.45, 7) is 0. The van der Waals surface area contributed by atoms with Crippen LogP contribution in [0.5, 0.6) is 0 Å². The average Bonchev–Trinajstić information content (AvgIpc) is 3.23. The molecule has 0 saturated carbocycles. The maximum Gasteiger partial charge on any atom is 0.400 e. The first-order chi connectivity index (χ1) is 14.2. The topological polar surface area (TPSA) is 97.1 Å². The van der Waals surface area contributed by atoms with E-state index in [9.17, 15) is 22.8 Å². The molecular weight excluding hydrogens is 425 g/mol. The summed E-state index contributed by atoms with van der Waals surface area (Å²) in [4.78, 5) is 27.3. The van der Waals surface area contributed by atoms with Crippen LogP contribution in [0.2, 0.25) is 0 Å². The van der Waals surface area contributed by atoms with Gasteiger partial charge in [-0.2, -0.15) is 13.8 Å². The smallest absolute Gasteiger partial charge is 0.350 e. The highest BCUT2D eigenvalue weighted by Crippen LogP contribution is 2.32. The SMILES string of the molecule is O=c1c(Nc2ccc(F)cc2)c(Nc2ccc(-c3noc(C(F)(F)Cl)n3)cc2)c1=O. The molecule has 152 valence electrons. The maximum atomic E-state index is 13.0. The summed E-state index contributed by atoms with van der Waals surface area (Å²) in [5.41, 5.74) is -0.0874. The van der Waals surface area contributed by atoms with Crippen molar-refractivity contribution in [1.29, 1.82) is 0 Å². The van der Waals surface area contributed by atoms with Gasteiger partial charge in [-0.15, -0.1) is 0 Å². The van der Waals surface area contributed by atoms with Crippen molar-refractivity contribution < 1.29 is 17.7 Å². The summed E-state index contributed by atoms with van der Waals surface area (Å²) in [6, 6.07) is 11.3. The van der Waals surface area contributed by atoms with Crippen LogP contribution in [0.1, 0.15) is 5.89 Å². The molecule has 0 aliphatic heterocycles. The lowest BCUT2D eigenvalue weighted by Crippen LogP contribution is -2.35. The largest absolute Gasteiger partial charge is 0.400 e. The molecule has 0 radical (unpaired) electrons. The van der Waals surface area contributed by atoms with Gasteiger partial charge in [-0.05, 0) is 60.1 Å². The van der Waals surface area contributed by atoms with E-state index in [2.05, 4.69) is 25.3 Å². The number of hydrogen-bond acceptors (Lipinski definition) is 7. The van der Waals surface area contributed by atoms with Crippen molar-refractivity contribution >= 4 is 34.4 Å². The van der Waals surface area contributed by atoms with Gasteiger partial charge in [0.25, 0.3) is 10.9 Å². The molecule has 2 N–H and O–H groups in total. The molecule has 0 aliphatic rings. The molecule has 30 heavy (non-hydrogen) atoms. The van der Waals surface area contributed by atoms with Crippen LogP contribution in [0.3, 0.4) is 0 Å². The van der Waals surface area contributed by atoms with Crippen LogP contribution in [-0.2, 0) is 5.38 Å². The molecular formula is C19H10ClF3N4O3. The van der Waals surface area contributed by atoms with E-state index in [1.807, 2.05) is 0 Å². The minimum atomic E-state index is -3.77. The third-order valence-electron chi connectivity index (χ3n) is 4.10. The first-order valence-corrected chi connectivity index (χ1v) is 8.74. The van der Waals surface area contributed by atoms with E-state index in [4.69, 9.17) is 11.6 Å². The molecule has 4 aromatic rings. The quantitative estimate of drug-likeness (QED) is 0.346. The summed E-state index contributed by atoms with van der Waals surface area (Å²) in [7, 11) is 0. The molecule has 1 aromatic heterocycles. The Morgan fingerprint density at radius 2 is 1.37 bits per heavy atom. The van der Waals surface area contributed by atoms with Crippen molar-refractivity contribution in [2.24, 2.45) is 0 Å². The van der Waals surface area contributed by atoms with E-state index in [0.29, 0.717) is 16.9 Å². The Kier molecular flexibility index (Phi) is 4.78. The van der Waals surface area contributed by atoms with Gasteiger partial charge in [0.05, 0.1) is 0 Å². The summed E-state index contributed by atoms with van der Waals surface area (Å²) in [6.07, 6.45) is 0. The number of benzene rings is 2. The fourth-order valence-electron chi connectivity index (χ4n) is 2.61. The Hall–Kier alpha value is -3.66. The highest BCUT2D eigenvalue weighted by Gasteiger charge is 2.35. The maximum absolute atomic E-state index is 13.0. The van der Waals surface area contributed by atoms with Crippen LogP contribution >= 0.6 is 11.6 Å². The monoisotopic (exact) mass is 434 g/mol. The second kappa shape index (κ2) is 7.30. The van der Waals surface area contributed by atoms with Crippen molar-refractivity contribution in [2.45, 2.75) is 5.38 Å². The molecule has 0 atom stereocenters. The minimum absolute atomic E-state index is 0.0423. The lowest BCUT2D eigenvalue weighted by Gasteiger charge is -2.15. The number of aromatic nitrogens is 2. The number of rotatable bonds is 6. The molecule has 0 bridgehead atoms. The number of anilines is 4. The van der Waals surface area contributed by atoms with Crippen LogP contribution in [0.4, 0.5) is 35.9 Å². The van der Waals surface area contributed by atoms with Gasteiger partial charge in [-0.25, -0.2) is 4.39 Å². The lowest BCUT2D eigenvalue weighted by atomic mass is 10.1. The number of halogens is 4. The van der Waals surface area contributed by atoms with Crippen LogP contribution in [-0.4, -0.2) is 10.1 Å². The van der Waals surface area contributed by atoms with Gasteiger partial charge >= 0.3 is 11.3 Å². The zero-order valence-electron chi connectivity index (χ0n) is 14.7. The van der Waals surface area contributed by atoms with Crippen molar-refractivity contribution in [3.05, 3.63) is 80.7 Å². The molecule has 11 heteroatoms. The summed E-state index contributed by atoms with van der Waals surface area (Å²) in [5.74, 6) is -1.56. The van der Waals surface area contributed by atoms with E-state index >= 15 is 0 Å². The Bertz CT molecular complexity index is 1270. The summed E-state index contributed by atoms with van der Waals surface area (Å²) >= 11 is 4.84. The van der Waals surface area contributed by atoms with Gasteiger partial charge in [0.1, 0.15) is 17.2 Å². The second-order valence-corrected chi connectivity index (χ2v) is 6.64. The average molecular weight is 435 g/mol. The van der Waals surface area contributed by atoms with E-state index in [1.165, 1.54) is 48.5 Å². The molecule has 0 amide bonds. The fraction of sp³-hybridized carbons (Fsp3) is 0.0526. The minimum Gasteiger partial charge on any atom is -0.350 e. The molecule has 0 aliphatic carbocycles. The Morgan fingerprint density at radius 1 is 0.867 bits per heavy atom. The first-order valence-electron chi connectivity index (χ1n) is 8.36. The van der Waals surface area contributed by atoms with Gasteiger partial charge in [0.2, 0.25) is 5.82 Å². The Labute approximate surface area is 170 Å². The normalized spacial score (nSPS) is 11.6. The van der Waals surface area contributed by atoms with Crippen molar-refractivity contribution in [2.75, 3.05) is 10.6 Å². The van der Waals surface area contributed by atoms with Crippen molar-refractivity contribution in [3.63, 3.8) is 0 Å². The predicted molar refractivity (Wildman–Crippen MR) is 104 cm³/mol. The molecule has 0 fully saturated rings. The zero-order chi connectivity index (χ0) is 21.5. The number of alkyl halides is 3. The summed E-state index contributed by atoms with van der Waals surface area (Å²) in [5, 5.41) is 5.26. The predicted octanol–water partition coefficient (Wildman–Crippen LogP) is 4.25. The van der Waals surface area contributed by atoms with Crippen LogP contribution in [0, 0.1) is 5.82 Å². The van der Waals surface area contributed by atoms with E-state index < -0.39 is 27.9 Å². The van der Waals surface area contributed by atoms with Gasteiger partial charge in [-0.1, -0.05) is 5.16 Å². The standard InChI is InChI=1S/C19H10ClF3N4O3/c20-19(22,23)18-26-17(27-30-18)9-1-5-11(6-2-9)24-13-14(16(29)15(13)28)25-12-7-3-10(21)4-8-12/h1-8,24-25H. The number of nitrogens with one attached hydrogen (secondary N) is 2. The highest BCUT2D eigenvalue weighted by atomic mass is 35.5. The van der Waals surface area contributed by atoms with Crippen LogP contribution < -0.4 is 21.5 Å². The molecule has 4 rings (SSSR count). The van der Waals surface area contributed by atoms with Crippen molar-refractivity contribution in [3.8, 4) is 11.4 Å². The summed E-state index contributed by atoms with van der Waals surface area (Å²) < 4.78 is 43.4. The molecule has 7 nitrogen and oxygen atoms in total. The second-order valence-electron chi connectivity index (χ2n) is 6.16. The molecule has 3 aromatic carbocycles. The van der Waals surface area contributed by atoms with Gasteiger partial charge < -0.3 is 15.2 Å². The van der Waals surface area contributed by atoms with Crippen molar-refractivity contribution in [1.82, 2.24) is 10.1 Å². The molecule has 0 spiro atoms. The Morgan fingerprint density at radius 3 is 1.83 bits per heavy atom. The fourth-order valence-corrected chi connectivity index (χ4v) is 2.69. The first kappa shape index (κ1) is 19.6. The van der Waals surface area contributed by atoms with E-state index in [-0.39, 0.29) is 17.2 Å².